The first-order valence-electron chi connectivity index (χ1n) is 5.38. The van der Waals surface area contributed by atoms with Gasteiger partial charge in [-0.05, 0) is 36.3 Å². The molecule has 92 valence electrons. The molecule has 1 aromatic heterocycles. The molecule has 0 aliphatic carbocycles. The summed E-state index contributed by atoms with van der Waals surface area (Å²) in [5.41, 5.74) is 1.06. The molecule has 1 aromatic carbocycles. The summed E-state index contributed by atoms with van der Waals surface area (Å²) in [5, 5.41) is 16.7. The maximum Gasteiger partial charge on any atom is 0.336 e. The van der Waals surface area contributed by atoms with Gasteiger partial charge in [-0.2, -0.15) is 0 Å². The Kier molecular flexibility index (Phi) is 1.98. The first-order chi connectivity index (χ1) is 8.46. The maximum atomic E-state index is 11.3. The Hall–Kier alpha value is -2.37. The predicted octanol–water partition coefficient (Wildman–Crippen LogP) is 1.86. The fourth-order valence-corrected chi connectivity index (χ4v) is 2.02. The summed E-state index contributed by atoms with van der Waals surface area (Å²) in [6.07, 6.45) is 1.58. The van der Waals surface area contributed by atoms with Gasteiger partial charge in [0.2, 0.25) is 0 Å². The van der Waals surface area contributed by atoms with E-state index in [1.807, 2.05) is 0 Å². The number of carbonyl (C=O) groups is 1. The number of aromatic nitrogens is 2. The molecule has 0 unspecified atom stereocenters. The summed E-state index contributed by atoms with van der Waals surface area (Å²) >= 11 is 0. The molecule has 1 aliphatic heterocycles. The maximum absolute atomic E-state index is 11.3. The van der Waals surface area contributed by atoms with Gasteiger partial charge >= 0.3 is 5.97 Å². The lowest BCUT2D eigenvalue weighted by molar-refractivity contribution is -0.130. The highest BCUT2D eigenvalue weighted by Gasteiger charge is 2.30. The van der Waals surface area contributed by atoms with Crippen LogP contribution in [0.4, 0.5) is 0 Å². The number of aliphatic carboxylic acids is 1. The molecule has 0 fully saturated rings. The zero-order chi connectivity index (χ0) is 12.9. The number of ether oxygens (including phenoxy) is 1. The normalized spacial score (nSPS) is 16.9. The van der Waals surface area contributed by atoms with E-state index in [1.54, 1.807) is 32.1 Å². The largest absolute Gasteiger partial charge is 0.483 e. The molecule has 0 amide bonds. The fourth-order valence-electron chi connectivity index (χ4n) is 2.02. The van der Waals surface area contributed by atoms with E-state index in [4.69, 9.17) is 4.74 Å². The number of carboxylic acid groups (broad SMARTS) is 1. The van der Waals surface area contributed by atoms with Gasteiger partial charge in [-0.1, -0.05) is 0 Å². The Bertz CT molecular complexity index is 684. The summed E-state index contributed by atoms with van der Waals surface area (Å²) in [7, 11) is 0. The van der Waals surface area contributed by atoms with Crippen LogP contribution in [-0.4, -0.2) is 27.0 Å². The average Bonchev–Trinajstić information content (AvgIpc) is 2.70. The molecule has 2 heterocycles. The van der Waals surface area contributed by atoms with Crippen molar-refractivity contribution in [2.45, 2.75) is 19.4 Å². The predicted molar refractivity (Wildman–Crippen MR) is 62.1 cm³/mol. The standard InChI is InChI=1S/C12H10N2O4/c1-12(2)5-7(11(15)16)6-3-8-9(14-18-13-8)4-10(6)17-12/h3-5H,1-2H3,(H,15,16). The van der Waals surface area contributed by atoms with Crippen LogP contribution in [0, 0.1) is 0 Å². The Labute approximate surface area is 102 Å². The number of hydrogen-bond acceptors (Lipinski definition) is 5. The quantitative estimate of drug-likeness (QED) is 0.826. The molecule has 1 N–H and O–H groups in total. The van der Waals surface area contributed by atoms with Gasteiger partial charge in [0.1, 0.15) is 22.4 Å². The third kappa shape index (κ3) is 1.54. The van der Waals surface area contributed by atoms with Crippen LogP contribution in [0.2, 0.25) is 0 Å². The van der Waals surface area contributed by atoms with E-state index in [1.165, 1.54) is 0 Å². The smallest absolute Gasteiger partial charge is 0.336 e. The van der Waals surface area contributed by atoms with Crippen molar-refractivity contribution in [3.63, 3.8) is 0 Å². The van der Waals surface area contributed by atoms with Crippen LogP contribution < -0.4 is 4.74 Å². The minimum absolute atomic E-state index is 0.200. The molecule has 3 rings (SSSR count). The molecule has 0 spiro atoms. The van der Waals surface area contributed by atoms with Gasteiger partial charge in [0, 0.05) is 11.6 Å². The second-order valence-electron chi connectivity index (χ2n) is 4.67. The van der Waals surface area contributed by atoms with Crippen LogP contribution in [0.3, 0.4) is 0 Å². The van der Waals surface area contributed by atoms with Crippen molar-refractivity contribution < 1.29 is 19.3 Å². The second-order valence-corrected chi connectivity index (χ2v) is 4.67. The van der Waals surface area contributed by atoms with Gasteiger partial charge in [0.25, 0.3) is 0 Å². The lowest BCUT2D eigenvalue weighted by Gasteiger charge is -2.29. The summed E-state index contributed by atoms with van der Waals surface area (Å²) < 4.78 is 10.3. The number of carboxylic acids is 1. The van der Waals surface area contributed by atoms with Gasteiger partial charge in [0.15, 0.2) is 0 Å². The van der Waals surface area contributed by atoms with E-state index < -0.39 is 11.6 Å². The van der Waals surface area contributed by atoms with E-state index in [0.29, 0.717) is 22.3 Å². The Morgan fingerprint density at radius 2 is 1.94 bits per heavy atom. The van der Waals surface area contributed by atoms with Crippen molar-refractivity contribution in [1.82, 2.24) is 10.3 Å². The third-order valence-electron chi connectivity index (χ3n) is 2.74. The van der Waals surface area contributed by atoms with Crippen molar-refractivity contribution in [2.75, 3.05) is 0 Å². The molecule has 0 bridgehead atoms. The van der Waals surface area contributed by atoms with Gasteiger partial charge < -0.3 is 9.84 Å². The first kappa shape index (κ1) is 10.8. The minimum atomic E-state index is -0.997. The number of fused-ring (bicyclic) bond motifs is 2. The number of hydrogen-bond donors (Lipinski definition) is 1. The monoisotopic (exact) mass is 246 g/mol. The SMILES string of the molecule is CC1(C)C=C(C(=O)O)c2cc3nonc3cc2O1. The molecule has 0 atom stereocenters. The number of benzene rings is 1. The van der Waals surface area contributed by atoms with E-state index >= 15 is 0 Å². The molecule has 6 nitrogen and oxygen atoms in total. The van der Waals surface area contributed by atoms with Crippen LogP contribution in [0.1, 0.15) is 19.4 Å². The van der Waals surface area contributed by atoms with E-state index in [-0.39, 0.29) is 5.57 Å². The van der Waals surface area contributed by atoms with Gasteiger partial charge in [-0.25, -0.2) is 9.42 Å². The number of rotatable bonds is 1. The highest BCUT2D eigenvalue weighted by atomic mass is 16.6. The first-order valence-corrected chi connectivity index (χ1v) is 5.38. The lowest BCUT2D eigenvalue weighted by Crippen LogP contribution is -2.30. The lowest BCUT2D eigenvalue weighted by atomic mass is 9.94. The minimum Gasteiger partial charge on any atom is -0.483 e. The van der Waals surface area contributed by atoms with Crippen molar-refractivity contribution in [2.24, 2.45) is 0 Å². The van der Waals surface area contributed by atoms with Crippen LogP contribution in [0.15, 0.2) is 22.8 Å². The van der Waals surface area contributed by atoms with Crippen molar-refractivity contribution in [3.8, 4) is 5.75 Å². The Morgan fingerprint density at radius 3 is 2.61 bits per heavy atom. The molecule has 2 aromatic rings. The summed E-state index contributed by atoms with van der Waals surface area (Å²) in [4.78, 5) is 11.3. The second kappa shape index (κ2) is 3.32. The zero-order valence-corrected chi connectivity index (χ0v) is 9.80. The highest BCUT2D eigenvalue weighted by molar-refractivity contribution is 6.17. The average molecular weight is 246 g/mol. The van der Waals surface area contributed by atoms with Gasteiger partial charge in [-0.3, -0.25) is 0 Å². The molecule has 0 radical (unpaired) electrons. The van der Waals surface area contributed by atoms with Crippen molar-refractivity contribution >= 4 is 22.6 Å². The Morgan fingerprint density at radius 1 is 1.28 bits per heavy atom. The summed E-state index contributed by atoms with van der Waals surface area (Å²) in [5.74, 6) is -0.522. The summed E-state index contributed by atoms with van der Waals surface area (Å²) in [6, 6.07) is 3.25. The molecule has 0 saturated heterocycles. The zero-order valence-electron chi connectivity index (χ0n) is 9.80. The van der Waals surface area contributed by atoms with Crippen LogP contribution in [-0.2, 0) is 4.79 Å². The van der Waals surface area contributed by atoms with Crippen LogP contribution >= 0.6 is 0 Å². The molecule has 1 aliphatic rings. The van der Waals surface area contributed by atoms with Crippen LogP contribution in [0.25, 0.3) is 16.6 Å². The molecule has 18 heavy (non-hydrogen) atoms. The van der Waals surface area contributed by atoms with Crippen molar-refractivity contribution in [3.05, 3.63) is 23.8 Å². The highest BCUT2D eigenvalue weighted by Crippen LogP contribution is 2.38. The fraction of sp³-hybridized carbons (Fsp3) is 0.250. The molecule has 6 heteroatoms. The Balaban J connectivity index is 2.29. The van der Waals surface area contributed by atoms with Crippen LogP contribution in [0.5, 0.6) is 5.75 Å². The summed E-state index contributed by atoms with van der Waals surface area (Å²) in [6.45, 7) is 3.59. The van der Waals surface area contributed by atoms with Gasteiger partial charge in [0.05, 0.1) is 5.57 Å². The molecular formula is C12H10N2O4. The topological polar surface area (TPSA) is 85.5 Å². The van der Waals surface area contributed by atoms with E-state index in [0.717, 1.165) is 0 Å². The van der Waals surface area contributed by atoms with E-state index in [9.17, 15) is 9.90 Å². The van der Waals surface area contributed by atoms with Crippen molar-refractivity contribution in [1.29, 1.82) is 0 Å². The van der Waals surface area contributed by atoms with Gasteiger partial charge in [-0.15, -0.1) is 0 Å². The molecular weight excluding hydrogens is 236 g/mol. The third-order valence-corrected chi connectivity index (χ3v) is 2.74. The molecule has 0 saturated carbocycles. The number of nitrogens with zero attached hydrogens (tertiary/aromatic N) is 2. The van der Waals surface area contributed by atoms with E-state index in [2.05, 4.69) is 14.9 Å².